The number of hydrogen-bond donors (Lipinski definition) is 1. The van der Waals surface area contributed by atoms with Crippen LogP contribution in [0.1, 0.15) is 56.3 Å². The van der Waals surface area contributed by atoms with Crippen molar-refractivity contribution in [3.05, 3.63) is 68.8 Å². The minimum absolute atomic E-state index is 0.348. The first-order valence-electron chi connectivity index (χ1n) is 12.0. The molecule has 0 fully saturated rings. The molecule has 0 saturated heterocycles. The maximum absolute atomic E-state index is 13.2. The number of tetrazole rings is 1. The molecular weight excluding hydrogens is 526 g/mol. The van der Waals surface area contributed by atoms with Gasteiger partial charge in [-0.25, -0.2) is 4.79 Å². The maximum atomic E-state index is 13.2. The predicted octanol–water partition coefficient (Wildman–Crippen LogP) is 5.35. The van der Waals surface area contributed by atoms with Gasteiger partial charge in [0.25, 0.3) is 0 Å². The van der Waals surface area contributed by atoms with E-state index in [1.165, 1.54) is 5.56 Å². The average molecular weight is 556 g/mol. The average Bonchev–Trinajstić information content (AvgIpc) is 3.31. The van der Waals surface area contributed by atoms with Crippen molar-refractivity contribution < 1.29 is 19.0 Å². The number of aromatic nitrogens is 4. The van der Waals surface area contributed by atoms with Gasteiger partial charge in [0, 0.05) is 5.70 Å². The molecule has 190 valence electrons. The number of hydrogen-bond acceptors (Lipinski definition) is 8. The van der Waals surface area contributed by atoms with Gasteiger partial charge >= 0.3 is 5.97 Å². The van der Waals surface area contributed by atoms with Gasteiger partial charge in [0.2, 0.25) is 5.95 Å². The Kier molecular flexibility index (Phi) is 8.25. The first-order chi connectivity index (χ1) is 17.4. The van der Waals surface area contributed by atoms with E-state index in [1.807, 2.05) is 58.0 Å². The second kappa shape index (κ2) is 11.6. The van der Waals surface area contributed by atoms with E-state index in [4.69, 9.17) is 14.2 Å². The number of rotatable bonds is 10. The predicted molar refractivity (Wildman–Crippen MR) is 139 cm³/mol. The fourth-order valence-electron chi connectivity index (χ4n) is 4.08. The van der Waals surface area contributed by atoms with Crippen LogP contribution in [-0.4, -0.2) is 39.4 Å². The second-order valence-corrected chi connectivity index (χ2v) is 9.40. The number of unbranched alkanes of at least 4 members (excludes halogenated alkanes) is 1. The van der Waals surface area contributed by atoms with Gasteiger partial charge in [-0.05, 0) is 76.8 Å². The van der Waals surface area contributed by atoms with Crippen LogP contribution in [0.25, 0.3) is 0 Å². The molecule has 0 spiro atoms. The smallest absolute Gasteiger partial charge is 0.338 e. The lowest BCUT2D eigenvalue weighted by molar-refractivity contribution is -0.139. The van der Waals surface area contributed by atoms with Crippen molar-refractivity contribution in [3.8, 4) is 11.5 Å². The summed E-state index contributed by atoms with van der Waals surface area (Å²) >= 11 is 3.66. The van der Waals surface area contributed by atoms with E-state index < -0.39 is 12.0 Å². The van der Waals surface area contributed by atoms with Gasteiger partial charge in [-0.15, -0.1) is 0 Å². The number of ether oxygens (including phenoxy) is 3. The van der Waals surface area contributed by atoms with Crippen LogP contribution < -0.4 is 14.8 Å². The van der Waals surface area contributed by atoms with Crippen LogP contribution in [0.2, 0.25) is 0 Å². The summed E-state index contributed by atoms with van der Waals surface area (Å²) in [5.74, 6) is 1.17. The minimum Gasteiger partial charge on any atom is -0.490 e. The SMILES string of the molecule is CCCCOC(=O)C1=C(C)Nc2nnnn2C1c1cc(Br)c(OCc2cccc(C)c2)c(OCC)c1. The fourth-order valence-corrected chi connectivity index (χ4v) is 4.65. The molecule has 0 amide bonds. The van der Waals surface area contributed by atoms with E-state index in [1.54, 1.807) is 4.68 Å². The Morgan fingerprint density at radius 3 is 2.75 bits per heavy atom. The standard InChI is InChI=1S/C26H30BrN5O4/c1-5-7-11-35-25(33)22-17(4)28-26-29-30-31-32(26)23(22)19-13-20(27)24(21(14-19)34-6-2)36-15-18-10-8-9-16(3)12-18/h8-10,12-14,23H,5-7,11,15H2,1-4H3,(H,28,29,31). The van der Waals surface area contributed by atoms with Gasteiger partial charge < -0.3 is 19.5 Å². The first kappa shape index (κ1) is 25.7. The minimum atomic E-state index is -0.605. The zero-order chi connectivity index (χ0) is 25.7. The normalized spacial score (nSPS) is 14.8. The zero-order valence-corrected chi connectivity index (χ0v) is 22.5. The Labute approximate surface area is 218 Å². The summed E-state index contributed by atoms with van der Waals surface area (Å²) < 4.78 is 20.0. The molecule has 1 unspecified atom stereocenters. The number of nitrogens with zero attached hydrogens (tertiary/aromatic N) is 4. The molecule has 0 bridgehead atoms. The topological polar surface area (TPSA) is 100 Å². The third-order valence-corrected chi connectivity index (χ3v) is 6.37. The van der Waals surface area contributed by atoms with Gasteiger partial charge in [0.05, 0.1) is 23.3 Å². The van der Waals surface area contributed by atoms with Crippen molar-refractivity contribution in [2.45, 2.75) is 53.2 Å². The molecule has 2 heterocycles. The number of benzene rings is 2. The van der Waals surface area contributed by atoms with Crippen LogP contribution in [0.5, 0.6) is 11.5 Å². The van der Waals surface area contributed by atoms with E-state index in [9.17, 15) is 4.79 Å². The molecule has 3 aromatic rings. The van der Waals surface area contributed by atoms with E-state index in [0.29, 0.717) is 53.0 Å². The summed E-state index contributed by atoms with van der Waals surface area (Å²) in [6.45, 7) is 9.01. The highest BCUT2D eigenvalue weighted by Crippen LogP contribution is 2.43. The Hall–Kier alpha value is -3.40. The summed E-state index contributed by atoms with van der Waals surface area (Å²) in [7, 11) is 0. The number of allylic oxidation sites excluding steroid dienone is 1. The van der Waals surface area contributed by atoms with Crippen molar-refractivity contribution in [1.29, 1.82) is 0 Å². The summed E-state index contributed by atoms with van der Waals surface area (Å²) in [5.41, 5.74) is 4.05. The van der Waals surface area contributed by atoms with Crippen LogP contribution >= 0.6 is 15.9 Å². The lowest BCUT2D eigenvalue weighted by Gasteiger charge is -2.28. The number of halogens is 1. The van der Waals surface area contributed by atoms with E-state index >= 15 is 0 Å². The van der Waals surface area contributed by atoms with Gasteiger partial charge in [-0.2, -0.15) is 4.68 Å². The highest BCUT2D eigenvalue weighted by atomic mass is 79.9. The van der Waals surface area contributed by atoms with Crippen LogP contribution in [0.3, 0.4) is 0 Å². The van der Waals surface area contributed by atoms with Crippen molar-refractivity contribution in [2.75, 3.05) is 18.5 Å². The lowest BCUT2D eigenvalue weighted by atomic mass is 9.95. The van der Waals surface area contributed by atoms with Crippen LogP contribution in [0.15, 0.2) is 52.1 Å². The molecule has 10 heteroatoms. The molecule has 4 rings (SSSR count). The molecule has 1 atom stereocenters. The van der Waals surface area contributed by atoms with Gasteiger partial charge in [-0.3, -0.25) is 0 Å². The molecule has 0 aliphatic carbocycles. The quantitative estimate of drug-likeness (QED) is 0.264. The zero-order valence-electron chi connectivity index (χ0n) is 20.9. The van der Waals surface area contributed by atoms with Crippen molar-refractivity contribution in [2.24, 2.45) is 0 Å². The molecule has 1 N–H and O–H groups in total. The Morgan fingerprint density at radius 2 is 2.00 bits per heavy atom. The molecule has 2 aromatic carbocycles. The van der Waals surface area contributed by atoms with Gasteiger partial charge in [0.15, 0.2) is 11.5 Å². The number of anilines is 1. The van der Waals surface area contributed by atoms with E-state index in [2.05, 4.69) is 42.8 Å². The summed E-state index contributed by atoms with van der Waals surface area (Å²) in [5, 5.41) is 15.1. The Morgan fingerprint density at radius 1 is 1.17 bits per heavy atom. The molecule has 0 radical (unpaired) electrons. The van der Waals surface area contributed by atoms with Crippen molar-refractivity contribution in [3.63, 3.8) is 0 Å². The second-order valence-electron chi connectivity index (χ2n) is 8.54. The molecular formula is C26H30BrN5O4. The fraction of sp³-hybridized carbons (Fsp3) is 0.385. The van der Waals surface area contributed by atoms with Gasteiger partial charge in [0.1, 0.15) is 12.6 Å². The largest absolute Gasteiger partial charge is 0.490 e. The molecule has 1 aromatic heterocycles. The van der Waals surface area contributed by atoms with Crippen LogP contribution in [0.4, 0.5) is 5.95 Å². The molecule has 36 heavy (non-hydrogen) atoms. The molecule has 1 aliphatic rings. The summed E-state index contributed by atoms with van der Waals surface area (Å²) in [6.07, 6.45) is 1.72. The number of carbonyl (C=O) groups excluding carboxylic acids is 1. The molecule has 9 nitrogen and oxygen atoms in total. The molecule has 1 aliphatic heterocycles. The van der Waals surface area contributed by atoms with Gasteiger partial charge in [-0.1, -0.05) is 48.3 Å². The third kappa shape index (κ3) is 5.53. The van der Waals surface area contributed by atoms with Crippen LogP contribution in [0, 0.1) is 6.92 Å². The van der Waals surface area contributed by atoms with E-state index in [0.717, 1.165) is 24.0 Å². The first-order valence-corrected chi connectivity index (χ1v) is 12.8. The number of fused-ring (bicyclic) bond motifs is 1. The van der Waals surface area contributed by atoms with Crippen LogP contribution in [-0.2, 0) is 16.1 Å². The number of aryl methyl sites for hydroxylation is 1. The number of nitrogens with one attached hydrogen (secondary N) is 1. The summed E-state index contributed by atoms with van der Waals surface area (Å²) in [4.78, 5) is 13.2. The highest BCUT2D eigenvalue weighted by molar-refractivity contribution is 9.10. The Bertz CT molecular complexity index is 1270. The lowest BCUT2D eigenvalue weighted by Crippen LogP contribution is -2.30. The van der Waals surface area contributed by atoms with E-state index in [-0.39, 0.29) is 0 Å². The third-order valence-electron chi connectivity index (χ3n) is 5.78. The number of esters is 1. The number of carbonyl (C=O) groups is 1. The monoisotopic (exact) mass is 555 g/mol. The van der Waals surface area contributed by atoms with Crippen molar-refractivity contribution in [1.82, 2.24) is 20.2 Å². The molecule has 0 saturated carbocycles. The maximum Gasteiger partial charge on any atom is 0.338 e. The highest BCUT2D eigenvalue weighted by Gasteiger charge is 2.36. The Balaban J connectivity index is 1.72. The van der Waals surface area contributed by atoms with Crippen molar-refractivity contribution >= 4 is 27.8 Å². The summed E-state index contributed by atoms with van der Waals surface area (Å²) in [6, 6.07) is 11.3.